The first-order chi connectivity index (χ1) is 14.0. The normalized spacial score (nSPS) is 21.0. The van der Waals surface area contributed by atoms with Crippen LogP contribution in [0.4, 0.5) is 0 Å². The number of rotatable bonds is 6. The molecular weight excluding hydrogens is 380 g/mol. The average molecular weight is 402 g/mol. The number of cyclic esters (lactones) is 1. The third kappa shape index (κ3) is 3.51. The zero-order valence-electron chi connectivity index (χ0n) is 16.1. The van der Waals surface area contributed by atoms with E-state index < -0.39 is 18.0 Å². The maximum atomic E-state index is 12.4. The monoisotopic (exact) mass is 402 g/mol. The van der Waals surface area contributed by atoms with E-state index in [0.717, 1.165) is 5.56 Å². The Hall–Kier alpha value is -3.13. The molecule has 0 spiro atoms. The van der Waals surface area contributed by atoms with Crippen LogP contribution in [0.1, 0.15) is 17.2 Å². The van der Waals surface area contributed by atoms with Crippen LogP contribution in [-0.4, -0.2) is 43.8 Å². The molecule has 0 aliphatic carbocycles. The van der Waals surface area contributed by atoms with Crippen LogP contribution in [0.5, 0.6) is 28.7 Å². The number of hydrogen-bond acceptors (Lipinski definition) is 8. The van der Waals surface area contributed by atoms with Crippen molar-refractivity contribution in [2.45, 2.75) is 12.5 Å². The van der Waals surface area contributed by atoms with E-state index in [9.17, 15) is 15.0 Å². The van der Waals surface area contributed by atoms with Gasteiger partial charge in [0.25, 0.3) is 0 Å². The summed E-state index contributed by atoms with van der Waals surface area (Å²) in [6.07, 6.45) is -0.622. The van der Waals surface area contributed by atoms with Gasteiger partial charge in [0.05, 0.1) is 32.8 Å². The van der Waals surface area contributed by atoms with Crippen molar-refractivity contribution in [2.24, 2.45) is 11.8 Å². The van der Waals surface area contributed by atoms with Gasteiger partial charge in [-0.25, -0.2) is 0 Å². The van der Waals surface area contributed by atoms with E-state index in [-0.39, 0.29) is 36.6 Å². The van der Waals surface area contributed by atoms with E-state index in [0.29, 0.717) is 23.5 Å². The average Bonchev–Trinajstić information content (AvgIpc) is 3.33. The second-order valence-corrected chi connectivity index (χ2v) is 7.03. The van der Waals surface area contributed by atoms with Crippen LogP contribution in [0.3, 0.4) is 0 Å². The van der Waals surface area contributed by atoms with Crippen LogP contribution >= 0.6 is 0 Å². The summed E-state index contributed by atoms with van der Waals surface area (Å²) < 4.78 is 26.3. The van der Waals surface area contributed by atoms with E-state index in [1.165, 1.54) is 26.4 Å². The first-order valence-electron chi connectivity index (χ1n) is 9.20. The molecular formula is C21H22O8. The molecule has 29 heavy (non-hydrogen) atoms. The van der Waals surface area contributed by atoms with Crippen molar-refractivity contribution in [1.82, 2.24) is 0 Å². The lowest BCUT2D eigenvalue weighted by atomic mass is 9.83. The molecule has 0 aromatic heterocycles. The number of hydrogen-bond donors (Lipinski definition) is 2. The van der Waals surface area contributed by atoms with E-state index in [1.807, 2.05) is 18.2 Å². The minimum Gasteiger partial charge on any atom is -0.502 e. The topological polar surface area (TPSA) is 104 Å². The molecule has 2 heterocycles. The fraction of sp³-hybridized carbons (Fsp3) is 0.381. The number of phenolic OH excluding ortho intramolecular Hbond substituents is 1. The number of benzene rings is 2. The zero-order chi connectivity index (χ0) is 20.5. The first kappa shape index (κ1) is 19.2. The molecule has 0 bridgehead atoms. The molecule has 0 radical (unpaired) electrons. The first-order valence-corrected chi connectivity index (χ1v) is 9.20. The Morgan fingerprint density at radius 1 is 1.07 bits per heavy atom. The number of fused-ring (bicyclic) bond motifs is 1. The fourth-order valence-corrected chi connectivity index (χ4v) is 3.82. The van der Waals surface area contributed by atoms with Crippen molar-refractivity contribution in [3.8, 4) is 28.7 Å². The number of carbonyl (C=O) groups excluding carboxylic acids is 1. The summed E-state index contributed by atoms with van der Waals surface area (Å²) >= 11 is 0. The number of aromatic hydroxyl groups is 1. The van der Waals surface area contributed by atoms with E-state index >= 15 is 0 Å². The second-order valence-electron chi connectivity index (χ2n) is 7.03. The maximum absolute atomic E-state index is 12.4. The van der Waals surface area contributed by atoms with Crippen LogP contribution in [0.2, 0.25) is 0 Å². The molecule has 0 saturated carbocycles. The minimum absolute atomic E-state index is 0.150. The molecule has 1 fully saturated rings. The number of esters is 1. The van der Waals surface area contributed by atoms with Gasteiger partial charge in [-0.2, -0.15) is 0 Å². The molecule has 8 heteroatoms. The van der Waals surface area contributed by atoms with Gasteiger partial charge in [0.2, 0.25) is 12.5 Å². The van der Waals surface area contributed by atoms with Gasteiger partial charge in [0, 0.05) is 5.92 Å². The SMILES string of the molecule is COc1cc(C(O)[C@H]2C(=O)OC[C@@H]2Cc2ccc3c(c2)OCO3)cc(OC)c1O. The fourth-order valence-electron chi connectivity index (χ4n) is 3.82. The van der Waals surface area contributed by atoms with E-state index in [4.69, 9.17) is 23.7 Å². The minimum atomic E-state index is -1.15. The number of methoxy groups -OCH3 is 2. The van der Waals surface area contributed by atoms with Crippen LogP contribution in [0, 0.1) is 11.8 Å². The predicted octanol–water partition coefficient (Wildman–Crippen LogP) is 2.20. The molecule has 2 aliphatic heterocycles. The number of phenols is 1. The van der Waals surface area contributed by atoms with Gasteiger partial charge in [-0.1, -0.05) is 6.07 Å². The van der Waals surface area contributed by atoms with Gasteiger partial charge < -0.3 is 33.9 Å². The number of aliphatic hydroxyl groups excluding tert-OH is 1. The highest BCUT2D eigenvalue weighted by Gasteiger charge is 2.43. The maximum Gasteiger partial charge on any atom is 0.312 e. The Balaban J connectivity index is 1.59. The number of ether oxygens (including phenoxy) is 5. The Morgan fingerprint density at radius 3 is 2.45 bits per heavy atom. The highest BCUT2D eigenvalue weighted by atomic mass is 16.7. The summed E-state index contributed by atoms with van der Waals surface area (Å²) in [7, 11) is 2.80. The lowest BCUT2D eigenvalue weighted by Crippen LogP contribution is -2.25. The van der Waals surface area contributed by atoms with Gasteiger partial charge >= 0.3 is 5.97 Å². The molecule has 2 aromatic carbocycles. The molecule has 4 rings (SSSR count). The van der Waals surface area contributed by atoms with Gasteiger partial charge in [-0.15, -0.1) is 0 Å². The predicted molar refractivity (Wildman–Crippen MR) is 100 cm³/mol. The van der Waals surface area contributed by atoms with E-state index in [2.05, 4.69) is 0 Å². The number of carbonyl (C=O) groups is 1. The summed E-state index contributed by atoms with van der Waals surface area (Å²) in [5.41, 5.74) is 1.35. The Bertz CT molecular complexity index is 900. The molecule has 1 unspecified atom stereocenters. The Kier molecular flexibility index (Phi) is 5.10. The quantitative estimate of drug-likeness (QED) is 0.709. The van der Waals surface area contributed by atoms with Gasteiger partial charge in [0.1, 0.15) is 0 Å². The lowest BCUT2D eigenvalue weighted by Gasteiger charge is -2.22. The summed E-state index contributed by atoms with van der Waals surface area (Å²) in [4.78, 5) is 12.4. The molecule has 2 aliphatic rings. The largest absolute Gasteiger partial charge is 0.502 e. The zero-order valence-corrected chi connectivity index (χ0v) is 16.1. The van der Waals surface area contributed by atoms with Gasteiger partial charge in [-0.3, -0.25) is 4.79 Å². The van der Waals surface area contributed by atoms with Crippen molar-refractivity contribution < 1.29 is 38.7 Å². The van der Waals surface area contributed by atoms with Crippen LogP contribution in [-0.2, 0) is 16.0 Å². The molecule has 0 amide bonds. The Labute approximate surface area is 167 Å². The summed E-state index contributed by atoms with van der Waals surface area (Å²) in [5, 5.41) is 21.1. The van der Waals surface area contributed by atoms with Crippen molar-refractivity contribution in [1.29, 1.82) is 0 Å². The molecule has 3 atom stereocenters. The van der Waals surface area contributed by atoms with Crippen LogP contribution in [0.25, 0.3) is 0 Å². The Morgan fingerprint density at radius 2 is 1.76 bits per heavy atom. The third-order valence-corrected chi connectivity index (χ3v) is 5.34. The third-order valence-electron chi connectivity index (χ3n) is 5.34. The standard InChI is InChI=1S/C21H22O8/c1-25-16-7-12(8-17(26-2)20(16)23)19(22)18-13(9-27-21(18)24)5-11-3-4-14-15(6-11)29-10-28-14/h3-4,6-8,13,18-19,22-23H,5,9-10H2,1-2H3/t13-,18-,19?/m0/s1. The van der Waals surface area contributed by atoms with Gasteiger partial charge in [0.15, 0.2) is 23.0 Å². The smallest absolute Gasteiger partial charge is 0.312 e. The number of aliphatic hydroxyl groups is 1. The second kappa shape index (κ2) is 7.71. The molecule has 1 saturated heterocycles. The molecule has 154 valence electrons. The highest BCUT2D eigenvalue weighted by Crippen LogP contribution is 2.43. The molecule has 2 N–H and O–H groups in total. The lowest BCUT2D eigenvalue weighted by molar-refractivity contribution is -0.144. The molecule has 2 aromatic rings. The van der Waals surface area contributed by atoms with E-state index in [1.54, 1.807) is 0 Å². The van der Waals surface area contributed by atoms with Crippen molar-refractivity contribution in [3.63, 3.8) is 0 Å². The van der Waals surface area contributed by atoms with Gasteiger partial charge in [-0.05, 0) is 41.8 Å². The van der Waals surface area contributed by atoms with Crippen molar-refractivity contribution in [2.75, 3.05) is 27.6 Å². The van der Waals surface area contributed by atoms with Crippen molar-refractivity contribution >= 4 is 5.97 Å². The van der Waals surface area contributed by atoms with Crippen LogP contribution in [0.15, 0.2) is 30.3 Å². The molecule has 8 nitrogen and oxygen atoms in total. The summed E-state index contributed by atoms with van der Waals surface area (Å²) in [5.74, 6) is 0.0218. The summed E-state index contributed by atoms with van der Waals surface area (Å²) in [6.45, 7) is 0.400. The van der Waals surface area contributed by atoms with Crippen molar-refractivity contribution in [3.05, 3.63) is 41.5 Å². The highest BCUT2D eigenvalue weighted by molar-refractivity contribution is 5.76. The van der Waals surface area contributed by atoms with Crippen LogP contribution < -0.4 is 18.9 Å². The summed E-state index contributed by atoms with van der Waals surface area (Å²) in [6, 6.07) is 8.60.